The largest absolute Gasteiger partial charge is 0.393 e. The van der Waals surface area contributed by atoms with E-state index in [9.17, 15) is 5.11 Å². The van der Waals surface area contributed by atoms with Crippen LogP contribution in [0.25, 0.3) is 0 Å². The van der Waals surface area contributed by atoms with E-state index in [2.05, 4.69) is 20.4 Å². The van der Waals surface area contributed by atoms with Gasteiger partial charge in [-0.25, -0.2) is 0 Å². The van der Waals surface area contributed by atoms with E-state index in [1.165, 1.54) is 6.42 Å². The van der Waals surface area contributed by atoms with Crippen LogP contribution in [0.4, 0.5) is 0 Å². The minimum Gasteiger partial charge on any atom is -0.393 e. The van der Waals surface area contributed by atoms with Crippen LogP contribution in [0, 0.1) is 17.8 Å². The van der Waals surface area contributed by atoms with Gasteiger partial charge < -0.3 is 5.11 Å². The molecule has 0 aromatic heterocycles. The van der Waals surface area contributed by atoms with E-state index in [0.29, 0.717) is 11.8 Å². The zero-order valence-electron chi connectivity index (χ0n) is 8.16. The molecule has 0 saturated heterocycles. The molecule has 0 bridgehead atoms. The van der Waals surface area contributed by atoms with E-state index in [-0.39, 0.29) is 6.10 Å². The first-order valence-electron chi connectivity index (χ1n) is 4.95. The maximum absolute atomic E-state index is 9.72. The molecule has 1 heteroatoms. The van der Waals surface area contributed by atoms with E-state index in [1.807, 2.05) is 6.08 Å². The van der Waals surface area contributed by atoms with Crippen LogP contribution in [-0.2, 0) is 0 Å². The zero-order chi connectivity index (χ0) is 9.14. The molecule has 1 rings (SSSR count). The van der Waals surface area contributed by atoms with Crippen LogP contribution < -0.4 is 0 Å². The quantitative estimate of drug-likeness (QED) is 0.628. The minimum absolute atomic E-state index is 0.136. The van der Waals surface area contributed by atoms with Crippen LogP contribution in [0.5, 0.6) is 0 Å². The number of hydrogen-bond acceptors (Lipinski definition) is 1. The summed E-state index contributed by atoms with van der Waals surface area (Å²) in [6.07, 6.45) is 5.11. The van der Waals surface area contributed by atoms with Crippen molar-refractivity contribution < 1.29 is 5.11 Å². The van der Waals surface area contributed by atoms with Gasteiger partial charge in [-0.3, -0.25) is 0 Å². The smallest absolute Gasteiger partial charge is 0.0605 e. The average molecular weight is 168 g/mol. The first-order valence-corrected chi connectivity index (χ1v) is 4.95. The molecule has 0 unspecified atom stereocenters. The first-order chi connectivity index (χ1) is 5.65. The van der Waals surface area contributed by atoms with Crippen LogP contribution in [0.1, 0.15) is 33.1 Å². The topological polar surface area (TPSA) is 20.2 Å². The number of aliphatic hydroxyl groups excluding tert-OH is 1. The standard InChI is InChI=1S/C11H20O/c1-4-9-5-6-10(8(2)3)7-11(9)12/h4,8-12H,1,5-7H2,2-3H3/t9-,10-,11+/m0/s1. The Labute approximate surface area is 75.5 Å². The third-order valence-electron chi connectivity index (χ3n) is 3.15. The van der Waals surface area contributed by atoms with Crippen molar-refractivity contribution in [3.63, 3.8) is 0 Å². The molecule has 0 spiro atoms. The normalized spacial score (nSPS) is 36.8. The molecule has 1 aliphatic carbocycles. The molecule has 0 aromatic carbocycles. The van der Waals surface area contributed by atoms with Gasteiger partial charge in [-0.15, -0.1) is 6.58 Å². The number of rotatable bonds is 2. The van der Waals surface area contributed by atoms with Gasteiger partial charge in [0.25, 0.3) is 0 Å². The highest BCUT2D eigenvalue weighted by atomic mass is 16.3. The van der Waals surface area contributed by atoms with E-state index in [4.69, 9.17) is 0 Å². The summed E-state index contributed by atoms with van der Waals surface area (Å²) < 4.78 is 0. The van der Waals surface area contributed by atoms with Gasteiger partial charge in [0.1, 0.15) is 0 Å². The van der Waals surface area contributed by atoms with E-state index in [1.54, 1.807) is 0 Å². The van der Waals surface area contributed by atoms with Crippen molar-refractivity contribution in [1.82, 2.24) is 0 Å². The maximum atomic E-state index is 9.72. The first kappa shape index (κ1) is 9.79. The fraction of sp³-hybridized carbons (Fsp3) is 0.818. The van der Waals surface area contributed by atoms with Crippen LogP contribution in [-0.4, -0.2) is 11.2 Å². The molecule has 0 amide bonds. The van der Waals surface area contributed by atoms with Gasteiger partial charge in [0.05, 0.1) is 6.10 Å². The Balaban J connectivity index is 2.45. The summed E-state index contributed by atoms with van der Waals surface area (Å²) in [5.74, 6) is 1.78. The molecule has 1 aliphatic rings. The van der Waals surface area contributed by atoms with Gasteiger partial charge in [-0.1, -0.05) is 19.9 Å². The summed E-state index contributed by atoms with van der Waals surface area (Å²) >= 11 is 0. The second kappa shape index (κ2) is 4.08. The Morgan fingerprint density at radius 1 is 1.42 bits per heavy atom. The van der Waals surface area contributed by atoms with Crippen molar-refractivity contribution in [2.45, 2.75) is 39.2 Å². The van der Waals surface area contributed by atoms with Crippen LogP contribution >= 0.6 is 0 Å². The monoisotopic (exact) mass is 168 g/mol. The summed E-state index contributed by atoms with van der Waals surface area (Å²) in [6.45, 7) is 8.23. The number of aliphatic hydroxyl groups is 1. The fourth-order valence-electron chi connectivity index (χ4n) is 2.08. The minimum atomic E-state index is -0.136. The molecule has 1 N–H and O–H groups in total. The summed E-state index contributed by atoms with van der Waals surface area (Å²) in [7, 11) is 0. The highest BCUT2D eigenvalue weighted by molar-refractivity contribution is 4.90. The Kier molecular flexibility index (Phi) is 3.33. The van der Waals surface area contributed by atoms with E-state index >= 15 is 0 Å². The Hall–Kier alpha value is -0.300. The van der Waals surface area contributed by atoms with Crippen molar-refractivity contribution in [2.75, 3.05) is 0 Å². The van der Waals surface area contributed by atoms with Gasteiger partial charge in [0.2, 0.25) is 0 Å². The van der Waals surface area contributed by atoms with Crippen molar-refractivity contribution in [3.05, 3.63) is 12.7 Å². The summed E-state index contributed by atoms with van der Waals surface area (Å²) in [5, 5.41) is 9.72. The van der Waals surface area contributed by atoms with Gasteiger partial charge >= 0.3 is 0 Å². The lowest BCUT2D eigenvalue weighted by Crippen LogP contribution is -2.30. The lowest BCUT2D eigenvalue weighted by Gasteiger charge is -2.33. The van der Waals surface area contributed by atoms with Crippen molar-refractivity contribution in [1.29, 1.82) is 0 Å². The van der Waals surface area contributed by atoms with Crippen LogP contribution in [0.15, 0.2) is 12.7 Å². The molecule has 3 atom stereocenters. The van der Waals surface area contributed by atoms with Crippen molar-refractivity contribution in [2.24, 2.45) is 17.8 Å². The molecular weight excluding hydrogens is 148 g/mol. The maximum Gasteiger partial charge on any atom is 0.0605 e. The van der Waals surface area contributed by atoms with Crippen molar-refractivity contribution in [3.8, 4) is 0 Å². The van der Waals surface area contributed by atoms with E-state index in [0.717, 1.165) is 18.8 Å². The molecule has 0 radical (unpaired) electrons. The third kappa shape index (κ3) is 2.10. The molecule has 12 heavy (non-hydrogen) atoms. The van der Waals surface area contributed by atoms with Gasteiger partial charge in [-0.05, 0) is 31.1 Å². The van der Waals surface area contributed by atoms with Gasteiger partial charge in [-0.2, -0.15) is 0 Å². The highest BCUT2D eigenvalue weighted by Crippen LogP contribution is 2.33. The van der Waals surface area contributed by atoms with Gasteiger partial charge in [0, 0.05) is 5.92 Å². The predicted octanol–water partition coefficient (Wildman–Crippen LogP) is 2.61. The van der Waals surface area contributed by atoms with Crippen LogP contribution in [0.2, 0.25) is 0 Å². The zero-order valence-corrected chi connectivity index (χ0v) is 8.16. The predicted molar refractivity (Wildman–Crippen MR) is 51.9 cm³/mol. The van der Waals surface area contributed by atoms with E-state index < -0.39 is 0 Å². The summed E-state index contributed by atoms with van der Waals surface area (Å²) in [4.78, 5) is 0. The average Bonchev–Trinajstić information content (AvgIpc) is 2.04. The lowest BCUT2D eigenvalue weighted by molar-refractivity contribution is 0.0529. The van der Waals surface area contributed by atoms with Crippen molar-refractivity contribution >= 4 is 0 Å². The molecular formula is C11H20O. The molecule has 1 fully saturated rings. The number of hydrogen-bond donors (Lipinski definition) is 1. The molecule has 0 aromatic rings. The Bertz CT molecular complexity index is 151. The highest BCUT2D eigenvalue weighted by Gasteiger charge is 2.28. The third-order valence-corrected chi connectivity index (χ3v) is 3.15. The molecule has 1 nitrogen and oxygen atoms in total. The second-order valence-corrected chi connectivity index (χ2v) is 4.28. The fourth-order valence-corrected chi connectivity index (χ4v) is 2.08. The SMILES string of the molecule is C=C[C@H]1CC[C@H](C(C)C)C[C@H]1O. The van der Waals surface area contributed by atoms with Gasteiger partial charge in [0.15, 0.2) is 0 Å². The Morgan fingerprint density at radius 3 is 2.50 bits per heavy atom. The molecule has 1 saturated carbocycles. The molecule has 0 aliphatic heterocycles. The second-order valence-electron chi connectivity index (χ2n) is 4.28. The van der Waals surface area contributed by atoms with Crippen LogP contribution in [0.3, 0.4) is 0 Å². The molecule has 0 heterocycles. The summed E-state index contributed by atoms with van der Waals surface area (Å²) in [6, 6.07) is 0. The Morgan fingerprint density at radius 2 is 2.08 bits per heavy atom. The summed E-state index contributed by atoms with van der Waals surface area (Å²) in [5.41, 5.74) is 0. The lowest BCUT2D eigenvalue weighted by atomic mass is 9.75. The molecule has 70 valence electrons.